The summed E-state index contributed by atoms with van der Waals surface area (Å²) in [6.45, 7) is 0. The van der Waals surface area contributed by atoms with E-state index in [0.29, 0.717) is 32.5 Å². The van der Waals surface area contributed by atoms with Crippen molar-refractivity contribution in [2.45, 2.75) is 24.2 Å². The van der Waals surface area contributed by atoms with E-state index in [9.17, 15) is 24.3 Å². The standard InChI is InChI=1S/C39H30N2O6/c40-38(47)41-36(45)26-17-16-25-28(32(26)37(41)46)19-29-35(44)27(21-9-3-1-4-10-21)20-31(43)39(29,23-12-5-2-6-13-23)34(25)33-24-14-8-7-11-22(24)15-18-30(33)42/h1-16,18,20,26,28-29,32,34,42H,17,19H2,(H2,40,47)/t26-,28+,29-,32-,34+,39-/m0/s1. The van der Waals surface area contributed by atoms with Crippen LogP contribution in [0.25, 0.3) is 16.3 Å². The summed E-state index contributed by atoms with van der Waals surface area (Å²) in [6, 6.07) is 28.0. The van der Waals surface area contributed by atoms with Crippen molar-refractivity contribution in [1.29, 1.82) is 0 Å². The van der Waals surface area contributed by atoms with Crippen molar-refractivity contribution in [2.24, 2.45) is 29.4 Å². The van der Waals surface area contributed by atoms with Gasteiger partial charge in [-0.15, -0.1) is 0 Å². The van der Waals surface area contributed by atoms with Crippen LogP contribution in [0.2, 0.25) is 0 Å². The SMILES string of the molecule is NC(=O)N1C(=O)[C@H]2[C@H](CC=C3[C@H]2C[C@H]2C(=O)C(c4ccccc4)=CC(=O)[C@@]2(c2ccccc2)[C@H]3c2c(O)ccc3ccccc23)C1=O. The molecule has 1 aliphatic heterocycles. The first kappa shape index (κ1) is 28.8. The van der Waals surface area contributed by atoms with Crippen LogP contribution >= 0.6 is 0 Å². The molecule has 1 heterocycles. The maximum Gasteiger partial charge on any atom is 0.328 e. The van der Waals surface area contributed by atoms with Gasteiger partial charge in [0.05, 0.1) is 17.3 Å². The Labute approximate surface area is 270 Å². The molecule has 4 amide bonds. The number of benzene rings is 4. The first-order valence-electron chi connectivity index (χ1n) is 15.7. The number of imide groups is 3. The summed E-state index contributed by atoms with van der Waals surface area (Å²) in [5, 5.41) is 13.3. The number of fused-ring (bicyclic) bond motifs is 5. The van der Waals surface area contributed by atoms with Gasteiger partial charge in [0.1, 0.15) is 5.75 Å². The molecule has 0 bridgehead atoms. The van der Waals surface area contributed by atoms with Gasteiger partial charge >= 0.3 is 6.03 Å². The number of phenols is 1. The molecule has 2 fully saturated rings. The topological polar surface area (TPSA) is 135 Å². The molecule has 4 aromatic rings. The third-order valence-electron chi connectivity index (χ3n) is 10.8. The number of hydrogen-bond acceptors (Lipinski definition) is 6. The van der Waals surface area contributed by atoms with E-state index in [1.165, 1.54) is 6.08 Å². The van der Waals surface area contributed by atoms with Crippen molar-refractivity contribution >= 4 is 45.8 Å². The Kier molecular flexibility index (Phi) is 6.41. The lowest BCUT2D eigenvalue weighted by Gasteiger charge is -2.55. The number of hydrogen-bond donors (Lipinski definition) is 2. The third-order valence-corrected chi connectivity index (χ3v) is 10.8. The Balaban J connectivity index is 1.46. The van der Waals surface area contributed by atoms with Gasteiger partial charge in [0.15, 0.2) is 11.6 Å². The first-order chi connectivity index (χ1) is 22.7. The number of Topliss-reactive ketones (excluding diaryl/α,β-unsaturated/α-hetero) is 1. The van der Waals surface area contributed by atoms with E-state index in [4.69, 9.17) is 5.73 Å². The molecule has 47 heavy (non-hydrogen) atoms. The monoisotopic (exact) mass is 622 g/mol. The van der Waals surface area contributed by atoms with Crippen molar-refractivity contribution < 1.29 is 29.1 Å². The number of likely N-dealkylation sites (tertiary alicyclic amines) is 1. The van der Waals surface area contributed by atoms with Crippen LogP contribution in [0.3, 0.4) is 0 Å². The van der Waals surface area contributed by atoms with Gasteiger partial charge < -0.3 is 10.8 Å². The van der Waals surface area contributed by atoms with Gasteiger partial charge in [-0.25, -0.2) is 4.79 Å². The Morgan fingerprint density at radius 2 is 1.49 bits per heavy atom. The van der Waals surface area contributed by atoms with Crippen LogP contribution < -0.4 is 5.73 Å². The highest BCUT2D eigenvalue weighted by atomic mass is 16.3. The van der Waals surface area contributed by atoms with Gasteiger partial charge in [-0.1, -0.05) is 103 Å². The number of amides is 4. The number of carbonyl (C=O) groups is 5. The van der Waals surface area contributed by atoms with Crippen molar-refractivity contribution in [3.8, 4) is 5.75 Å². The van der Waals surface area contributed by atoms with Crippen molar-refractivity contribution in [3.05, 3.63) is 131 Å². The van der Waals surface area contributed by atoms with E-state index < -0.39 is 52.8 Å². The van der Waals surface area contributed by atoms with Crippen LogP contribution in [0.5, 0.6) is 5.75 Å². The molecule has 1 saturated carbocycles. The highest BCUT2D eigenvalue weighted by molar-refractivity contribution is 6.32. The normalized spacial score (nSPS) is 28.3. The highest BCUT2D eigenvalue weighted by Crippen LogP contribution is 2.65. The molecule has 232 valence electrons. The van der Waals surface area contributed by atoms with E-state index in [1.54, 1.807) is 36.4 Å². The smallest absolute Gasteiger partial charge is 0.328 e. The van der Waals surface area contributed by atoms with Crippen LogP contribution in [0, 0.1) is 23.7 Å². The number of carbonyl (C=O) groups excluding carboxylic acids is 5. The van der Waals surface area contributed by atoms with Crippen LogP contribution in [-0.4, -0.2) is 39.4 Å². The molecule has 1 saturated heterocycles. The van der Waals surface area contributed by atoms with E-state index in [0.717, 1.165) is 5.39 Å². The first-order valence-corrected chi connectivity index (χ1v) is 15.7. The molecule has 6 atom stereocenters. The van der Waals surface area contributed by atoms with Crippen molar-refractivity contribution in [1.82, 2.24) is 4.90 Å². The lowest BCUT2D eigenvalue weighted by atomic mass is 9.44. The fourth-order valence-electron chi connectivity index (χ4n) is 8.99. The lowest BCUT2D eigenvalue weighted by molar-refractivity contribution is -0.137. The van der Waals surface area contributed by atoms with E-state index in [-0.39, 0.29) is 35.7 Å². The summed E-state index contributed by atoms with van der Waals surface area (Å²) in [5.74, 6) is -6.21. The Bertz CT molecular complexity index is 2100. The average molecular weight is 623 g/mol. The van der Waals surface area contributed by atoms with Gasteiger partial charge in [0.2, 0.25) is 11.8 Å². The summed E-state index contributed by atoms with van der Waals surface area (Å²) in [5.41, 5.74) is 6.71. The minimum atomic E-state index is -1.48. The zero-order valence-electron chi connectivity index (χ0n) is 25.2. The maximum atomic E-state index is 15.1. The molecular weight excluding hydrogens is 592 g/mol. The average Bonchev–Trinajstić information content (AvgIpc) is 3.35. The van der Waals surface area contributed by atoms with Crippen LogP contribution in [0.1, 0.15) is 35.4 Å². The van der Waals surface area contributed by atoms with E-state index >= 15 is 4.79 Å². The summed E-state index contributed by atoms with van der Waals surface area (Å²) < 4.78 is 0. The maximum absolute atomic E-state index is 15.1. The summed E-state index contributed by atoms with van der Waals surface area (Å²) in [7, 11) is 0. The van der Waals surface area contributed by atoms with Crippen molar-refractivity contribution in [2.75, 3.05) is 0 Å². The Morgan fingerprint density at radius 3 is 2.21 bits per heavy atom. The molecular formula is C39H30N2O6. The third kappa shape index (κ3) is 3.91. The molecule has 0 radical (unpaired) electrons. The zero-order chi connectivity index (χ0) is 32.6. The predicted octanol–water partition coefficient (Wildman–Crippen LogP) is 5.45. The zero-order valence-corrected chi connectivity index (χ0v) is 25.2. The number of nitrogens with two attached hydrogens (primary N) is 1. The summed E-state index contributed by atoms with van der Waals surface area (Å²) in [4.78, 5) is 70.2. The molecule has 4 aliphatic rings. The van der Waals surface area contributed by atoms with E-state index in [2.05, 4.69) is 0 Å². The van der Waals surface area contributed by atoms with Crippen molar-refractivity contribution in [3.63, 3.8) is 0 Å². The number of ketones is 2. The molecule has 3 N–H and O–H groups in total. The number of rotatable bonds is 3. The second-order valence-electron chi connectivity index (χ2n) is 12.9. The molecule has 0 unspecified atom stereocenters. The molecule has 4 aromatic carbocycles. The largest absolute Gasteiger partial charge is 0.508 e. The summed E-state index contributed by atoms with van der Waals surface area (Å²) in [6.07, 6.45) is 3.57. The number of phenolic OH excluding ortho intramolecular Hbond substituents is 1. The minimum absolute atomic E-state index is 0.0444. The molecule has 8 rings (SSSR count). The van der Waals surface area contributed by atoms with Crippen LogP contribution in [0.4, 0.5) is 4.79 Å². The molecule has 0 spiro atoms. The fourth-order valence-corrected chi connectivity index (χ4v) is 8.99. The molecule has 0 aromatic heterocycles. The van der Waals surface area contributed by atoms with Gasteiger partial charge in [-0.05, 0) is 52.8 Å². The molecule has 8 nitrogen and oxygen atoms in total. The summed E-state index contributed by atoms with van der Waals surface area (Å²) >= 11 is 0. The molecule has 8 heteroatoms. The van der Waals surface area contributed by atoms with Gasteiger partial charge in [0.25, 0.3) is 0 Å². The molecule has 3 aliphatic carbocycles. The second-order valence-corrected chi connectivity index (χ2v) is 12.9. The van der Waals surface area contributed by atoms with Gasteiger partial charge in [-0.2, -0.15) is 4.90 Å². The number of primary amides is 1. The van der Waals surface area contributed by atoms with Crippen LogP contribution in [-0.2, 0) is 24.6 Å². The lowest BCUT2D eigenvalue weighted by Crippen LogP contribution is -2.59. The Hall–Kier alpha value is -5.63. The second kappa shape index (κ2) is 10.5. The number of allylic oxidation sites excluding steroid dienone is 4. The van der Waals surface area contributed by atoms with Gasteiger partial charge in [0, 0.05) is 23.0 Å². The number of aromatic hydroxyl groups is 1. The van der Waals surface area contributed by atoms with Gasteiger partial charge in [-0.3, -0.25) is 19.2 Å². The highest BCUT2D eigenvalue weighted by Gasteiger charge is 2.66. The van der Waals surface area contributed by atoms with Crippen LogP contribution in [0.15, 0.2) is 115 Å². The quantitative estimate of drug-likeness (QED) is 0.231. The van der Waals surface area contributed by atoms with E-state index in [1.807, 2.05) is 66.7 Å². The number of urea groups is 1. The number of nitrogens with zero attached hydrogens (tertiary/aromatic N) is 1. The Morgan fingerprint density at radius 1 is 0.809 bits per heavy atom. The fraction of sp³-hybridized carbons (Fsp3) is 0.205. The minimum Gasteiger partial charge on any atom is -0.508 e. The predicted molar refractivity (Wildman–Crippen MR) is 174 cm³/mol.